The van der Waals surface area contributed by atoms with Gasteiger partial charge in [-0.25, -0.2) is 9.18 Å². The summed E-state index contributed by atoms with van der Waals surface area (Å²) in [5.74, 6) is -1.93. The van der Waals surface area contributed by atoms with Crippen LogP contribution in [0, 0.1) is 5.82 Å². The smallest absolute Gasteiger partial charge is 0.379 e. The molecule has 5 nitrogen and oxygen atoms in total. The number of benzene rings is 2. The van der Waals surface area contributed by atoms with Crippen LogP contribution in [-0.2, 0) is 29.0 Å². The molecule has 0 fully saturated rings. The maximum Gasteiger partial charge on any atom is 0.379 e. The molecule has 1 unspecified atom stereocenters. The number of halogens is 1. The van der Waals surface area contributed by atoms with Crippen molar-refractivity contribution in [2.45, 2.75) is 32.0 Å². The van der Waals surface area contributed by atoms with Crippen LogP contribution in [0.1, 0.15) is 28.0 Å². The minimum atomic E-state index is -0.895. The van der Waals surface area contributed by atoms with E-state index in [0.717, 1.165) is 18.7 Å². The quantitative estimate of drug-likeness (QED) is 0.377. The fraction of sp³-hybridized carbons (Fsp3) is 0.304. The Kier molecular flexibility index (Phi) is 5.20. The van der Waals surface area contributed by atoms with Gasteiger partial charge in [0.15, 0.2) is 0 Å². The lowest BCUT2D eigenvalue weighted by Crippen LogP contribution is -2.38. The fourth-order valence-corrected chi connectivity index (χ4v) is 4.26. The summed E-state index contributed by atoms with van der Waals surface area (Å²) in [7, 11) is 3.27. The zero-order chi connectivity index (χ0) is 20.5. The molecule has 1 aliphatic heterocycles. The number of nitrogens with zero attached hydrogens (tertiary/aromatic N) is 2. The molecule has 0 N–H and O–H groups in total. The van der Waals surface area contributed by atoms with Crippen LogP contribution in [-0.4, -0.2) is 41.4 Å². The number of fused-ring (bicyclic) bond motifs is 3. The Morgan fingerprint density at radius 1 is 1.21 bits per heavy atom. The summed E-state index contributed by atoms with van der Waals surface area (Å²) in [5, 5.41) is 0.600. The molecule has 0 amide bonds. The second kappa shape index (κ2) is 7.79. The molecular formula is C23H23FN2O3. The van der Waals surface area contributed by atoms with E-state index < -0.39 is 11.8 Å². The number of hydrogen-bond donors (Lipinski definition) is 0. The van der Waals surface area contributed by atoms with Crippen LogP contribution in [0.5, 0.6) is 0 Å². The van der Waals surface area contributed by atoms with Gasteiger partial charge in [0, 0.05) is 30.2 Å². The van der Waals surface area contributed by atoms with Gasteiger partial charge in [0.2, 0.25) is 0 Å². The minimum absolute atomic E-state index is 0.239. The Morgan fingerprint density at radius 3 is 2.69 bits per heavy atom. The number of ether oxygens (including phenoxy) is 1. The van der Waals surface area contributed by atoms with Gasteiger partial charge >= 0.3 is 5.97 Å². The average Bonchev–Trinajstić information content (AvgIpc) is 3.06. The van der Waals surface area contributed by atoms with Crippen LogP contribution in [0.4, 0.5) is 4.39 Å². The van der Waals surface area contributed by atoms with E-state index >= 15 is 0 Å². The number of esters is 1. The van der Waals surface area contributed by atoms with Crippen molar-refractivity contribution in [3.63, 3.8) is 0 Å². The number of ketones is 1. The van der Waals surface area contributed by atoms with Gasteiger partial charge in [-0.15, -0.1) is 0 Å². The van der Waals surface area contributed by atoms with Gasteiger partial charge in [0.25, 0.3) is 5.78 Å². The second-order valence-electron chi connectivity index (χ2n) is 7.51. The van der Waals surface area contributed by atoms with Crippen LogP contribution < -0.4 is 0 Å². The molecule has 1 aromatic heterocycles. The fourth-order valence-electron chi connectivity index (χ4n) is 4.26. The van der Waals surface area contributed by atoms with Gasteiger partial charge in [0.05, 0.1) is 18.2 Å². The third-order valence-electron chi connectivity index (χ3n) is 5.74. The number of methoxy groups -OCH3 is 1. The number of rotatable bonds is 5. The Bertz CT molecular complexity index is 1070. The lowest BCUT2D eigenvalue weighted by atomic mass is 9.98. The van der Waals surface area contributed by atoms with Crippen LogP contribution in [0.25, 0.3) is 10.9 Å². The predicted octanol–water partition coefficient (Wildman–Crippen LogP) is 3.58. The molecule has 0 radical (unpaired) electrons. The summed E-state index contributed by atoms with van der Waals surface area (Å²) in [4.78, 5) is 26.9. The van der Waals surface area contributed by atoms with E-state index in [2.05, 4.69) is 28.8 Å². The van der Waals surface area contributed by atoms with E-state index in [-0.39, 0.29) is 11.9 Å². The van der Waals surface area contributed by atoms with Crippen molar-refractivity contribution < 1.29 is 18.7 Å². The van der Waals surface area contributed by atoms with Crippen LogP contribution in [0.2, 0.25) is 0 Å². The molecule has 1 aliphatic rings. The molecule has 2 aromatic carbocycles. The van der Waals surface area contributed by atoms with E-state index in [1.54, 1.807) is 6.07 Å². The number of hydrogen-bond acceptors (Lipinski definition) is 4. The van der Waals surface area contributed by atoms with Crippen molar-refractivity contribution in [3.8, 4) is 0 Å². The molecule has 150 valence electrons. The van der Waals surface area contributed by atoms with Gasteiger partial charge in [-0.2, -0.15) is 0 Å². The van der Waals surface area contributed by atoms with E-state index in [9.17, 15) is 14.0 Å². The number of likely N-dealkylation sites (N-methyl/N-ethyl adjacent to an activating group) is 1. The number of aromatic nitrogens is 1. The molecule has 0 spiro atoms. The summed E-state index contributed by atoms with van der Waals surface area (Å²) in [6.07, 6.45) is 1.49. The zero-order valence-corrected chi connectivity index (χ0v) is 16.5. The highest BCUT2D eigenvalue weighted by atomic mass is 19.1. The standard InChI is InChI=1S/C23H23FN2O3/c1-25(13-15-6-4-3-5-7-15)17-9-11-19-21(22(27)23(28)29-2)18-10-8-16(24)12-20(18)26(19)14-17/h3-8,10,12,17H,9,11,13-14H2,1-2H3. The molecule has 1 atom stereocenters. The molecule has 0 bridgehead atoms. The first-order valence-corrected chi connectivity index (χ1v) is 9.67. The summed E-state index contributed by atoms with van der Waals surface area (Å²) in [5.41, 5.74) is 3.00. The highest BCUT2D eigenvalue weighted by molar-refractivity contribution is 6.43. The Balaban J connectivity index is 1.70. The van der Waals surface area contributed by atoms with E-state index in [4.69, 9.17) is 0 Å². The average molecular weight is 394 g/mol. The molecule has 29 heavy (non-hydrogen) atoms. The van der Waals surface area contributed by atoms with Crippen molar-refractivity contribution in [2.24, 2.45) is 0 Å². The van der Waals surface area contributed by atoms with Gasteiger partial charge < -0.3 is 9.30 Å². The lowest BCUT2D eigenvalue weighted by molar-refractivity contribution is -0.135. The maximum atomic E-state index is 14.0. The highest BCUT2D eigenvalue weighted by Crippen LogP contribution is 2.33. The number of carbonyl (C=O) groups excluding carboxylic acids is 2. The molecule has 0 saturated heterocycles. The SMILES string of the molecule is COC(=O)C(=O)c1c2n(c3cc(F)ccc13)CC(N(C)Cc1ccccc1)CC2. The second-order valence-corrected chi connectivity index (χ2v) is 7.51. The number of Topliss-reactive ketones (excluding diaryl/α,β-unsaturated/α-hetero) is 1. The maximum absolute atomic E-state index is 14.0. The third kappa shape index (κ3) is 3.56. The highest BCUT2D eigenvalue weighted by Gasteiger charge is 2.32. The molecule has 6 heteroatoms. The van der Waals surface area contributed by atoms with Crippen LogP contribution in [0.3, 0.4) is 0 Å². The van der Waals surface area contributed by atoms with Gasteiger partial charge in [-0.05, 0) is 43.7 Å². The molecule has 0 saturated carbocycles. The molecular weight excluding hydrogens is 371 g/mol. The Hall–Kier alpha value is -2.99. The summed E-state index contributed by atoms with van der Waals surface area (Å²) < 4.78 is 20.6. The minimum Gasteiger partial charge on any atom is -0.463 e. The van der Waals surface area contributed by atoms with Crippen molar-refractivity contribution in [1.29, 1.82) is 0 Å². The van der Waals surface area contributed by atoms with Crippen molar-refractivity contribution in [1.82, 2.24) is 9.47 Å². The lowest BCUT2D eigenvalue weighted by Gasteiger charge is -2.33. The predicted molar refractivity (Wildman–Crippen MR) is 108 cm³/mol. The first-order valence-electron chi connectivity index (χ1n) is 9.67. The molecule has 3 aromatic rings. The molecule has 0 aliphatic carbocycles. The van der Waals surface area contributed by atoms with Crippen molar-refractivity contribution in [3.05, 3.63) is 71.2 Å². The van der Waals surface area contributed by atoms with Gasteiger partial charge in [-0.1, -0.05) is 30.3 Å². The van der Waals surface area contributed by atoms with Crippen molar-refractivity contribution in [2.75, 3.05) is 14.2 Å². The molecule has 2 heterocycles. The van der Waals surface area contributed by atoms with Crippen molar-refractivity contribution >= 4 is 22.7 Å². The third-order valence-corrected chi connectivity index (χ3v) is 5.74. The zero-order valence-electron chi connectivity index (χ0n) is 16.5. The summed E-state index contributed by atoms with van der Waals surface area (Å²) in [6.45, 7) is 1.44. The monoisotopic (exact) mass is 394 g/mol. The number of carbonyl (C=O) groups is 2. The summed E-state index contributed by atoms with van der Waals surface area (Å²) in [6, 6.07) is 14.8. The van der Waals surface area contributed by atoms with E-state index in [1.807, 2.05) is 22.8 Å². The van der Waals surface area contributed by atoms with Gasteiger partial charge in [0.1, 0.15) is 5.82 Å². The van der Waals surface area contributed by atoms with E-state index in [0.29, 0.717) is 29.4 Å². The van der Waals surface area contributed by atoms with Gasteiger partial charge in [-0.3, -0.25) is 9.69 Å². The molecule has 4 rings (SSSR count). The normalized spacial score (nSPS) is 16.1. The first-order chi connectivity index (χ1) is 14.0. The summed E-state index contributed by atoms with van der Waals surface area (Å²) >= 11 is 0. The first kappa shape index (κ1) is 19.3. The largest absolute Gasteiger partial charge is 0.463 e. The topological polar surface area (TPSA) is 51.5 Å². The Morgan fingerprint density at radius 2 is 1.97 bits per heavy atom. The van der Waals surface area contributed by atoms with Crippen LogP contribution >= 0.6 is 0 Å². The van der Waals surface area contributed by atoms with E-state index in [1.165, 1.54) is 24.8 Å². The van der Waals surface area contributed by atoms with Crippen LogP contribution in [0.15, 0.2) is 48.5 Å². The Labute approximate surface area is 168 Å².